The maximum absolute atomic E-state index is 13.4. The highest BCUT2D eigenvalue weighted by atomic mass is 32.2. The van der Waals surface area contributed by atoms with E-state index >= 15 is 0 Å². The number of ether oxygens (including phenoxy) is 1. The van der Waals surface area contributed by atoms with Crippen LogP contribution in [0.25, 0.3) is 5.69 Å². The van der Waals surface area contributed by atoms with E-state index in [-0.39, 0.29) is 0 Å². The number of alkyl halides is 3. The second-order valence-corrected chi connectivity index (χ2v) is 8.57. The molecule has 0 aliphatic carbocycles. The smallest absolute Gasteiger partial charge is 0.417 e. The number of fused-ring (bicyclic) bond motifs is 1. The number of nitrogens with zero attached hydrogens (tertiary/aromatic N) is 2. The zero-order valence-electron chi connectivity index (χ0n) is 17.7. The first-order valence-corrected chi connectivity index (χ1v) is 11.5. The second kappa shape index (κ2) is 8.90. The van der Waals surface area contributed by atoms with Crippen molar-refractivity contribution < 1.29 is 22.7 Å². The van der Waals surface area contributed by atoms with Crippen molar-refractivity contribution in [2.45, 2.75) is 17.7 Å². The first kappa shape index (κ1) is 22.1. The molecule has 2 heterocycles. The van der Waals surface area contributed by atoms with E-state index in [1.54, 1.807) is 40.7 Å². The molecule has 1 aliphatic rings. The number of aromatic nitrogens is 2. The molecule has 0 saturated heterocycles. The fraction of sp³-hybridized carbons (Fsp3) is 0.120. The van der Waals surface area contributed by atoms with Crippen LogP contribution >= 0.6 is 11.8 Å². The summed E-state index contributed by atoms with van der Waals surface area (Å²) < 4.78 is 47.7. The summed E-state index contributed by atoms with van der Waals surface area (Å²) in [6.07, 6.45) is -4.64. The van der Waals surface area contributed by atoms with E-state index in [2.05, 4.69) is 10.4 Å². The highest BCUT2D eigenvalue weighted by molar-refractivity contribution is 7.98. The van der Waals surface area contributed by atoms with Gasteiger partial charge in [0.1, 0.15) is 17.3 Å². The Bertz CT molecular complexity index is 1340. The van der Waals surface area contributed by atoms with Gasteiger partial charge in [-0.1, -0.05) is 30.3 Å². The number of thioether (sulfide) groups is 1. The fourth-order valence-electron chi connectivity index (χ4n) is 3.71. The molecule has 0 unspecified atom stereocenters. The minimum atomic E-state index is -4.64. The molecule has 0 fully saturated rings. The molecule has 0 radical (unpaired) electrons. The number of hydrogen-bond donors (Lipinski definition) is 1. The molecule has 1 N–H and O–H groups in total. The quantitative estimate of drug-likeness (QED) is 0.345. The Morgan fingerprint density at radius 2 is 1.59 bits per heavy atom. The maximum Gasteiger partial charge on any atom is 0.417 e. The molecule has 0 spiro atoms. The van der Waals surface area contributed by atoms with Crippen LogP contribution in [-0.4, -0.2) is 15.7 Å². The van der Waals surface area contributed by atoms with Crippen molar-refractivity contribution in [3.05, 3.63) is 101 Å². The van der Waals surface area contributed by atoms with Gasteiger partial charge in [0.25, 0.3) is 5.91 Å². The lowest BCUT2D eigenvalue weighted by atomic mass is 10.1. The van der Waals surface area contributed by atoms with Crippen LogP contribution in [0.1, 0.15) is 27.2 Å². The molecule has 0 atom stereocenters. The average Bonchev–Trinajstić information content (AvgIpc) is 3.42. The Morgan fingerprint density at radius 1 is 0.912 bits per heavy atom. The first-order valence-electron chi connectivity index (χ1n) is 10.4. The van der Waals surface area contributed by atoms with Crippen molar-refractivity contribution in [2.75, 3.05) is 5.32 Å². The number of amides is 1. The molecule has 3 aromatic carbocycles. The number of anilines is 1. The molecule has 4 aromatic rings. The van der Waals surface area contributed by atoms with E-state index in [4.69, 9.17) is 4.74 Å². The molecule has 34 heavy (non-hydrogen) atoms. The second-order valence-electron chi connectivity index (χ2n) is 7.58. The number of rotatable bonds is 5. The van der Waals surface area contributed by atoms with Crippen LogP contribution < -0.4 is 10.1 Å². The minimum Gasteiger partial charge on any atom is -0.457 e. The van der Waals surface area contributed by atoms with E-state index < -0.39 is 23.2 Å². The van der Waals surface area contributed by atoms with Gasteiger partial charge in [0.05, 0.1) is 22.5 Å². The van der Waals surface area contributed by atoms with Crippen molar-refractivity contribution in [2.24, 2.45) is 0 Å². The third-order valence-electron chi connectivity index (χ3n) is 5.32. The summed E-state index contributed by atoms with van der Waals surface area (Å²) in [6, 6.07) is 21.2. The van der Waals surface area contributed by atoms with Gasteiger partial charge in [-0.2, -0.15) is 30.0 Å². The molecular weight excluding hydrogens is 463 g/mol. The van der Waals surface area contributed by atoms with Crippen LogP contribution in [0.5, 0.6) is 11.5 Å². The Labute approximate surface area is 197 Å². The highest BCUT2D eigenvalue weighted by Crippen LogP contribution is 2.37. The molecule has 0 saturated carbocycles. The van der Waals surface area contributed by atoms with Crippen LogP contribution in [-0.2, 0) is 17.7 Å². The number of nitrogens with one attached hydrogen (secondary N) is 1. The Kier molecular flexibility index (Phi) is 5.79. The molecule has 5 rings (SSSR count). The number of para-hydroxylation sites is 1. The van der Waals surface area contributed by atoms with Gasteiger partial charge in [-0.05, 0) is 48.5 Å². The zero-order valence-corrected chi connectivity index (χ0v) is 18.5. The van der Waals surface area contributed by atoms with Gasteiger partial charge in [0.2, 0.25) is 0 Å². The third kappa shape index (κ3) is 4.38. The van der Waals surface area contributed by atoms with Gasteiger partial charge in [0, 0.05) is 17.1 Å². The Hall–Kier alpha value is -3.72. The fourth-order valence-corrected chi connectivity index (χ4v) is 4.75. The van der Waals surface area contributed by atoms with Crippen molar-refractivity contribution in [3.63, 3.8) is 0 Å². The minimum absolute atomic E-state index is 0.374. The van der Waals surface area contributed by atoms with Gasteiger partial charge < -0.3 is 10.1 Å². The third-order valence-corrected chi connectivity index (χ3v) is 6.29. The zero-order chi connectivity index (χ0) is 23.7. The van der Waals surface area contributed by atoms with Crippen LogP contribution in [0.4, 0.5) is 19.0 Å². The molecule has 0 bridgehead atoms. The maximum atomic E-state index is 13.4. The summed E-state index contributed by atoms with van der Waals surface area (Å²) in [4.78, 5) is 12.9. The summed E-state index contributed by atoms with van der Waals surface area (Å²) in [5.41, 5.74) is 0.849. The van der Waals surface area contributed by atoms with Crippen LogP contribution in [0.2, 0.25) is 0 Å². The van der Waals surface area contributed by atoms with Crippen LogP contribution in [0.15, 0.2) is 78.9 Å². The van der Waals surface area contributed by atoms with Gasteiger partial charge in [-0.15, -0.1) is 0 Å². The number of carbonyl (C=O) groups excluding carboxylic acids is 1. The SMILES string of the molecule is O=C(Nc1c2c(nn1-c1ccc(Oc3ccccc3)cc1)CSC2)c1ccccc1C(F)(F)F. The predicted molar refractivity (Wildman–Crippen MR) is 124 cm³/mol. The van der Waals surface area contributed by atoms with Crippen molar-refractivity contribution in [1.29, 1.82) is 0 Å². The lowest BCUT2D eigenvalue weighted by Gasteiger charge is -2.15. The summed E-state index contributed by atoms with van der Waals surface area (Å²) in [5.74, 6) is 2.13. The first-order chi connectivity index (χ1) is 16.4. The molecule has 9 heteroatoms. The van der Waals surface area contributed by atoms with Crippen molar-refractivity contribution in [1.82, 2.24) is 9.78 Å². The Balaban J connectivity index is 1.46. The van der Waals surface area contributed by atoms with Gasteiger partial charge >= 0.3 is 6.18 Å². The van der Waals surface area contributed by atoms with Crippen LogP contribution in [0, 0.1) is 0 Å². The largest absolute Gasteiger partial charge is 0.457 e. The lowest BCUT2D eigenvalue weighted by Crippen LogP contribution is -2.20. The molecular formula is C25H18F3N3O2S. The number of benzene rings is 3. The lowest BCUT2D eigenvalue weighted by molar-refractivity contribution is -0.137. The topological polar surface area (TPSA) is 56.2 Å². The van der Waals surface area contributed by atoms with E-state index in [0.717, 1.165) is 17.3 Å². The molecule has 1 aliphatic heterocycles. The van der Waals surface area contributed by atoms with E-state index in [9.17, 15) is 18.0 Å². The molecule has 172 valence electrons. The van der Waals surface area contributed by atoms with E-state index in [0.29, 0.717) is 34.5 Å². The highest BCUT2D eigenvalue weighted by Gasteiger charge is 2.35. The Morgan fingerprint density at radius 3 is 2.32 bits per heavy atom. The van der Waals surface area contributed by atoms with Gasteiger partial charge in [-0.3, -0.25) is 4.79 Å². The summed E-state index contributed by atoms with van der Waals surface area (Å²) in [5, 5.41) is 7.30. The van der Waals surface area contributed by atoms with E-state index in [1.165, 1.54) is 18.2 Å². The summed E-state index contributed by atoms with van der Waals surface area (Å²) in [6.45, 7) is 0. The monoisotopic (exact) mass is 481 g/mol. The molecule has 5 nitrogen and oxygen atoms in total. The van der Waals surface area contributed by atoms with Gasteiger partial charge in [-0.25, -0.2) is 4.68 Å². The summed E-state index contributed by atoms with van der Waals surface area (Å²) >= 11 is 1.63. The summed E-state index contributed by atoms with van der Waals surface area (Å²) in [7, 11) is 0. The number of carbonyl (C=O) groups is 1. The van der Waals surface area contributed by atoms with E-state index in [1.807, 2.05) is 30.3 Å². The predicted octanol–water partition coefficient (Wildman–Crippen LogP) is 6.68. The van der Waals surface area contributed by atoms with Crippen molar-refractivity contribution in [3.8, 4) is 17.2 Å². The normalized spacial score (nSPS) is 12.9. The van der Waals surface area contributed by atoms with Gasteiger partial charge in [0.15, 0.2) is 0 Å². The van der Waals surface area contributed by atoms with Crippen molar-refractivity contribution >= 4 is 23.5 Å². The number of hydrogen-bond acceptors (Lipinski definition) is 4. The molecule has 1 amide bonds. The standard InChI is InChI=1S/C25H18F3N3O2S/c26-25(27,28)21-9-5-4-8-19(21)24(32)29-23-20-14-34-15-22(20)30-31(23)16-10-12-18(13-11-16)33-17-6-2-1-3-7-17/h1-13H,14-15H2,(H,29,32). The van der Waals surface area contributed by atoms with Crippen LogP contribution in [0.3, 0.4) is 0 Å². The average molecular weight is 481 g/mol. The number of halogens is 3. The molecule has 1 aromatic heterocycles.